The molecule has 4 nitrogen and oxygen atoms in total. The fourth-order valence-corrected chi connectivity index (χ4v) is 4.80. The monoisotopic (exact) mass is 423 g/mol. The lowest BCUT2D eigenvalue weighted by Gasteiger charge is -2.21. The molecular weight excluding hydrogens is 398 g/mol. The van der Waals surface area contributed by atoms with E-state index in [0.717, 1.165) is 11.3 Å². The topological polar surface area (TPSA) is 51.0 Å². The number of aromatic nitrogens is 2. The SMILES string of the molecule is CC(C)Cc1ccc([C@H](N[C@@H](C)c2nnc(-c3cccs3)o2)c2cccs2)cc1. The van der Waals surface area contributed by atoms with Crippen LogP contribution >= 0.6 is 22.7 Å². The molecule has 2 atom stereocenters. The molecule has 0 saturated carbocycles. The third-order valence-corrected chi connectivity index (χ3v) is 6.54. The van der Waals surface area contributed by atoms with Crippen LogP contribution in [-0.4, -0.2) is 10.2 Å². The smallest absolute Gasteiger partial charge is 0.257 e. The van der Waals surface area contributed by atoms with Crippen LogP contribution in [0, 0.1) is 5.92 Å². The van der Waals surface area contributed by atoms with E-state index in [9.17, 15) is 0 Å². The molecule has 0 fully saturated rings. The van der Waals surface area contributed by atoms with Gasteiger partial charge in [0.15, 0.2) is 0 Å². The van der Waals surface area contributed by atoms with E-state index in [-0.39, 0.29) is 12.1 Å². The molecule has 4 aromatic rings. The molecule has 0 spiro atoms. The molecule has 0 aliphatic heterocycles. The van der Waals surface area contributed by atoms with E-state index in [1.165, 1.54) is 16.0 Å². The van der Waals surface area contributed by atoms with Crippen molar-refractivity contribution in [3.05, 3.63) is 81.2 Å². The first-order valence-electron chi connectivity index (χ1n) is 9.85. The summed E-state index contributed by atoms with van der Waals surface area (Å²) < 4.78 is 5.94. The van der Waals surface area contributed by atoms with Gasteiger partial charge in [0.1, 0.15) is 0 Å². The fraction of sp³-hybridized carbons (Fsp3) is 0.304. The van der Waals surface area contributed by atoms with E-state index in [2.05, 4.69) is 78.1 Å². The first kappa shape index (κ1) is 20.0. The minimum Gasteiger partial charge on any atom is -0.418 e. The molecule has 0 aliphatic rings. The lowest BCUT2D eigenvalue weighted by Crippen LogP contribution is -2.25. The molecule has 0 unspecified atom stereocenters. The van der Waals surface area contributed by atoms with E-state index in [1.807, 2.05) is 17.5 Å². The molecule has 0 saturated heterocycles. The Balaban J connectivity index is 1.55. The predicted octanol–water partition coefficient (Wildman–Crippen LogP) is 6.50. The van der Waals surface area contributed by atoms with Crippen molar-refractivity contribution >= 4 is 22.7 Å². The van der Waals surface area contributed by atoms with Gasteiger partial charge in [0, 0.05) is 4.88 Å². The summed E-state index contributed by atoms with van der Waals surface area (Å²) in [6.07, 6.45) is 1.10. The highest BCUT2D eigenvalue weighted by molar-refractivity contribution is 7.13. The van der Waals surface area contributed by atoms with Gasteiger partial charge >= 0.3 is 0 Å². The second-order valence-electron chi connectivity index (χ2n) is 7.60. The van der Waals surface area contributed by atoms with Gasteiger partial charge in [0.05, 0.1) is 17.0 Å². The van der Waals surface area contributed by atoms with Crippen LogP contribution in [0.1, 0.15) is 54.7 Å². The van der Waals surface area contributed by atoms with Gasteiger partial charge in [0.25, 0.3) is 5.89 Å². The van der Waals surface area contributed by atoms with Crippen LogP contribution in [0.15, 0.2) is 63.7 Å². The average molecular weight is 424 g/mol. The van der Waals surface area contributed by atoms with Gasteiger partial charge in [-0.3, -0.25) is 5.32 Å². The predicted molar refractivity (Wildman–Crippen MR) is 120 cm³/mol. The van der Waals surface area contributed by atoms with E-state index >= 15 is 0 Å². The number of nitrogens with zero attached hydrogens (tertiary/aromatic N) is 2. The van der Waals surface area contributed by atoms with E-state index in [4.69, 9.17) is 4.42 Å². The standard InChI is InChI=1S/C23H25N3OS2/c1-15(2)14-17-8-10-18(11-9-17)21(19-6-4-12-28-19)24-16(3)22-25-26-23(27-22)20-7-5-13-29-20/h4-13,15-16,21,24H,14H2,1-3H3/t16-,21-/m0/s1. The summed E-state index contributed by atoms with van der Waals surface area (Å²) in [5, 5.41) is 16.3. The molecule has 1 aromatic carbocycles. The van der Waals surface area contributed by atoms with Gasteiger partial charge in [0.2, 0.25) is 5.89 Å². The van der Waals surface area contributed by atoms with Gasteiger partial charge in [-0.05, 0) is 53.3 Å². The summed E-state index contributed by atoms with van der Waals surface area (Å²) in [5.74, 6) is 1.84. The quantitative estimate of drug-likeness (QED) is 0.351. The molecule has 0 amide bonds. The van der Waals surface area contributed by atoms with E-state index in [0.29, 0.717) is 17.7 Å². The van der Waals surface area contributed by atoms with Crippen LogP contribution in [0.25, 0.3) is 10.8 Å². The summed E-state index contributed by atoms with van der Waals surface area (Å²) in [4.78, 5) is 2.26. The lowest BCUT2D eigenvalue weighted by molar-refractivity contribution is 0.405. The van der Waals surface area contributed by atoms with E-state index < -0.39 is 0 Å². The Kier molecular flexibility index (Phi) is 6.23. The van der Waals surface area contributed by atoms with Gasteiger partial charge < -0.3 is 4.42 Å². The Bertz CT molecular complexity index is 1010. The number of hydrogen-bond donors (Lipinski definition) is 1. The maximum atomic E-state index is 5.94. The van der Waals surface area contributed by atoms with Crippen molar-refractivity contribution in [3.8, 4) is 10.8 Å². The van der Waals surface area contributed by atoms with Crippen LogP contribution < -0.4 is 5.32 Å². The summed E-state index contributed by atoms with van der Waals surface area (Å²) >= 11 is 3.35. The van der Waals surface area contributed by atoms with Crippen LogP contribution in [0.5, 0.6) is 0 Å². The van der Waals surface area contributed by atoms with Gasteiger partial charge in [-0.15, -0.1) is 32.9 Å². The second kappa shape index (κ2) is 9.03. The first-order chi connectivity index (χ1) is 14.1. The maximum absolute atomic E-state index is 5.94. The number of benzene rings is 1. The average Bonchev–Trinajstić information content (AvgIpc) is 3.48. The van der Waals surface area contributed by atoms with Crippen molar-refractivity contribution in [3.63, 3.8) is 0 Å². The second-order valence-corrected chi connectivity index (χ2v) is 9.53. The number of hydrogen-bond acceptors (Lipinski definition) is 6. The minimum atomic E-state index is -0.0707. The van der Waals surface area contributed by atoms with Crippen molar-refractivity contribution in [2.24, 2.45) is 5.92 Å². The van der Waals surface area contributed by atoms with Crippen molar-refractivity contribution in [1.29, 1.82) is 0 Å². The van der Waals surface area contributed by atoms with E-state index in [1.54, 1.807) is 22.7 Å². The van der Waals surface area contributed by atoms with Crippen LogP contribution in [0.2, 0.25) is 0 Å². The Hall–Kier alpha value is -2.28. The highest BCUT2D eigenvalue weighted by atomic mass is 32.1. The zero-order valence-electron chi connectivity index (χ0n) is 16.8. The van der Waals surface area contributed by atoms with Gasteiger partial charge in [-0.25, -0.2) is 0 Å². The Morgan fingerprint density at radius 3 is 2.34 bits per heavy atom. The lowest BCUT2D eigenvalue weighted by atomic mass is 9.98. The molecule has 1 N–H and O–H groups in total. The van der Waals surface area contributed by atoms with Crippen molar-refractivity contribution in [2.45, 2.75) is 39.3 Å². The molecule has 150 valence electrons. The molecule has 0 bridgehead atoms. The largest absolute Gasteiger partial charge is 0.418 e. The van der Waals surface area contributed by atoms with Crippen molar-refractivity contribution in [1.82, 2.24) is 15.5 Å². The van der Waals surface area contributed by atoms with Crippen LogP contribution in [0.4, 0.5) is 0 Å². The molecule has 3 heterocycles. The summed E-state index contributed by atoms with van der Waals surface area (Å²) in [7, 11) is 0. The highest BCUT2D eigenvalue weighted by Crippen LogP contribution is 2.30. The zero-order valence-corrected chi connectivity index (χ0v) is 18.5. The summed E-state index contributed by atoms with van der Waals surface area (Å²) in [6.45, 7) is 6.57. The van der Waals surface area contributed by atoms with Gasteiger partial charge in [-0.1, -0.05) is 50.2 Å². The Morgan fingerprint density at radius 1 is 0.931 bits per heavy atom. The fourth-order valence-electron chi connectivity index (χ4n) is 3.35. The number of rotatable bonds is 8. The molecule has 0 radical (unpaired) electrons. The molecule has 6 heteroatoms. The Labute approximate surface area is 179 Å². The normalized spacial score (nSPS) is 13.7. The molecule has 4 rings (SSSR count). The van der Waals surface area contributed by atoms with Crippen LogP contribution in [0.3, 0.4) is 0 Å². The molecule has 29 heavy (non-hydrogen) atoms. The first-order valence-corrected chi connectivity index (χ1v) is 11.6. The number of thiophene rings is 2. The van der Waals surface area contributed by atoms with Gasteiger partial charge in [-0.2, -0.15) is 0 Å². The zero-order chi connectivity index (χ0) is 20.2. The molecule has 3 aromatic heterocycles. The van der Waals surface area contributed by atoms with Crippen molar-refractivity contribution < 1.29 is 4.42 Å². The molecular formula is C23H25N3OS2. The van der Waals surface area contributed by atoms with Crippen molar-refractivity contribution in [2.75, 3.05) is 0 Å². The Morgan fingerprint density at radius 2 is 1.69 bits per heavy atom. The minimum absolute atomic E-state index is 0.0707. The highest BCUT2D eigenvalue weighted by Gasteiger charge is 2.22. The maximum Gasteiger partial charge on any atom is 0.257 e. The number of nitrogens with one attached hydrogen (secondary N) is 1. The molecule has 0 aliphatic carbocycles. The van der Waals surface area contributed by atoms with Crippen LogP contribution in [-0.2, 0) is 6.42 Å². The summed E-state index contributed by atoms with van der Waals surface area (Å²) in [6, 6.07) is 17.2. The third-order valence-electron chi connectivity index (χ3n) is 4.74. The summed E-state index contributed by atoms with van der Waals surface area (Å²) in [5.41, 5.74) is 2.61. The third kappa shape index (κ3) is 4.83.